The van der Waals surface area contributed by atoms with E-state index in [1.54, 1.807) is 41.5 Å². The standard InChI is InChI=1S/3C3H7O.C3H6O.Al/c4*1-3(2)4;/h3*3H,1-2H3;1-2H3;/q3*-1;;+3. The topological polar surface area (TPSA) is 86.2 Å². The monoisotopic (exact) mass is 262 g/mol. The molecule has 0 spiro atoms. The third-order valence-corrected chi connectivity index (χ3v) is 0. The average molecular weight is 262 g/mol. The van der Waals surface area contributed by atoms with Gasteiger partial charge >= 0.3 is 17.4 Å². The molecule has 0 aliphatic carbocycles. The molecule has 0 aromatic rings. The Labute approximate surface area is 117 Å². The maximum atomic E-state index is 9.53. The molecular formula is C12H27AlO4. The van der Waals surface area contributed by atoms with Crippen molar-refractivity contribution >= 4 is 23.1 Å². The SMILES string of the molecule is CC(C)=O.CC(C)[O-].CC(C)[O-].CC(C)[O-].[Al+3]. The molecule has 0 heterocycles. The summed E-state index contributed by atoms with van der Waals surface area (Å²) in [5.74, 6) is 0.167. The van der Waals surface area contributed by atoms with Gasteiger partial charge in [0.05, 0.1) is 0 Å². The zero-order chi connectivity index (χ0) is 14.3. The smallest absolute Gasteiger partial charge is 0.852 e. The van der Waals surface area contributed by atoms with E-state index in [0.29, 0.717) is 0 Å². The van der Waals surface area contributed by atoms with Crippen molar-refractivity contribution < 1.29 is 20.1 Å². The summed E-state index contributed by atoms with van der Waals surface area (Å²) in [7, 11) is 0. The minimum absolute atomic E-state index is 0. The van der Waals surface area contributed by atoms with Gasteiger partial charge < -0.3 is 20.1 Å². The molecule has 0 atom stereocenters. The van der Waals surface area contributed by atoms with E-state index < -0.39 is 18.3 Å². The average Bonchev–Trinajstić information content (AvgIpc) is 1.76. The molecule has 0 rings (SSSR count). The summed E-state index contributed by atoms with van der Waals surface area (Å²) in [5.41, 5.74) is 0. The van der Waals surface area contributed by atoms with E-state index in [9.17, 15) is 20.1 Å². The number of hydrogen-bond acceptors (Lipinski definition) is 4. The number of ketones is 1. The van der Waals surface area contributed by atoms with Gasteiger partial charge in [0.25, 0.3) is 0 Å². The van der Waals surface area contributed by atoms with Crippen LogP contribution in [-0.4, -0.2) is 41.5 Å². The van der Waals surface area contributed by atoms with Crippen LogP contribution in [-0.2, 0) is 4.79 Å². The Morgan fingerprint density at radius 3 is 0.706 bits per heavy atom. The van der Waals surface area contributed by atoms with Crippen molar-refractivity contribution in [3.63, 3.8) is 0 Å². The summed E-state index contributed by atoms with van der Waals surface area (Å²) in [6.07, 6.45) is -1.25. The fourth-order valence-corrected chi connectivity index (χ4v) is 0. The zero-order valence-corrected chi connectivity index (χ0v) is 13.6. The van der Waals surface area contributed by atoms with Crippen molar-refractivity contribution in [3.05, 3.63) is 0 Å². The second kappa shape index (κ2) is 25.1. The Bertz CT molecular complexity index is 99.1. The largest absolute Gasteiger partial charge is 3.00 e. The Kier molecular flexibility index (Phi) is 44.6. The third-order valence-electron chi connectivity index (χ3n) is 0. The Balaban J connectivity index is -0.0000000369. The summed E-state index contributed by atoms with van der Waals surface area (Å²) in [6, 6.07) is 0. The molecule has 0 amide bonds. The Morgan fingerprint density at radius 2 is 0.706 bits per heavy atom. The summed E-state index contributed by atoms with van der Waals surface area (Å²) in [5, 5.41) is 28.6. The molecule has 0 unspecified atom stereocenters. The molecule has 0 aromatic carbocycles. The van der Waals surface area contributed by atoms with Gasteiger partial charge in [0.15, 0.2) is 0 Å². The van der Waals surface area contributed by atoms with Gasteiger partial charge in [-0.15, -0.1) is 18.3 Å². The Morgan fingerprint density at radius 1 is 0.706 bits per heavy atom. The first-order valence-electron chi connectivity index (χ1n) is 5.38. The van der Waals surface area contributed by atoms with Crippen molar-refractivity contribution in [1.29, 1.82) is 0 Å². The van der Waals surface area contributed by atoms with Gasteiger partial charge in [-0.3, -0.25) is 0 Å². The summed E-state index contributed by atoms with van der Waals surface area (Å²) in [4.78, 5) is 9.44. The molecule has 102 valence electrons. The summed E-state index contributed by atoms with van der Waals surface area (Å²) < 4.78 is 0. The van der Waals surface area contributed by atoms with Gasteiger partial charge in [0, 0.05) is 0 Å². The van der Waals surface area contributed by atoms with Crippen LogP contribution < -0.4 is 15.3 Å². The van der Waals surface area contributed by atoms with Crippen LogP contribution in [0.15, 0.2) is 0 Å². The zero-order valence-electron chi connectivity index (χ0n) is 12.4. The predicted octanol–water partition coefficient (Wildman–Crippen LogP) is -0.520. The van der Waals surface area contributed by atoms with Crippen molar-refractivity contribution in [2.45, 2.75) is 73.7 Å². The first-order chi connectivity index (χ1) is 6.93. The number of hydrogen-bond donors (Lipinski definition) is 0. The molecule has 5 heteroatoms. The number of Topliss-reactive ketones (excluding diaryl/α,β-unsaturated/α-hetero) is 1. The fourth-order valence-electron chi connectivity index (χ4n) is 0. The van der Waals surface area contributed by atoms with E-state index in [0.717, 1.165) is 0 Å². The van der Waals surface area contributed by atoms with Crippen LogP contribution in [0.4, 0.5) is 0 Å². The van der Waals surface area contributed by atoms with Gasteiger partial charge in [-0.2, -0.15) is 0 Å². The minimum Gasteiger partial charge on any atom is -0.852 e. The van der Waals surface area contributed by atoms with E-state index in [-0.39, 0.29) is 23.1 Å². The number of carbonyl (C=O) groups excluding carboxylic acids is 1. The molecule has 0 saturated carbocycles. The van der Waals surface area contributed by atoms with Gasteiger partial charge in [-0.1, -0.05) is 41.5 Å². The van der Waals surface area contributed by atoms with Gasteiger partial charge in [-0.05, 0) is 13.8 Å². The van der Waals surface area contributed by atoms with Crippen LogP contribution in [0.5, 0.6) is 0 Å². The number of carbonyl (C=O) groups is 1. The van der Waals surface area contributed by atoms with Crippen molar-refractivity contribution in [2.75, 3.05) is 0 Å². The summed E-state index contributed by atoms with van der Waals surface area (Å²) >= 11 is 0. The first-order valence-corrected chi connectivity index (χ1v) is 5.38. The van der Waals surface area contributed by atoms with Crippen LogP contribution in [0.1, 0.15) is 55.4 Å². The molecule has 0 aliphatic rings. The van der Waals surface area contributed by atoms with Crippen LogP contribution in [0.2, 0.25) is 0 Å². The minimum atomic E-state index is -0.417. The molecule has 0 radical (unpaired) electrons. The maximum Gasteiger partial charge on any atom is 3.00 e. The molecular weight excluding hydrogens is 235 g/mol. The van der Waals surface area contributed by atoms with E-state index in [4.69, 9.17) is 0 Å². The normalized spacial score (nSPS) is 7.88. The van der Waals surface area contributed by atoms with E-state index in [2.05, 4.69) is 0 Å². The van der Waals surface area contributed by atoms with Crippen LogP contribution in [0.25, 0.3) is 0 Å². The predicted molar refractivity (Wildman–Crippen MR) is 67.5 cm³/mol. The number of rotatable bonds is 0. The molecule has 0 fully saturated rings. The molecule has 0 bridgehead atoms. The van der Waals surface area contributed by atoms with E-state index in [1.165, 1.54) is 13.8 Å². The molecule has 17 heavy (non-hydrogen) atoms. The van der Waals surface area contributed by atoms with Crippen molar-refractivity contribution in [3.8, 4) is 0 Å². The Hall–Kier alpha value is 0.0825. The molecule has 0 aliphatic heterocycles. The third kappa shape index (κ3) is 469000. The first kappa shape index (κ1) is 30.3. The quantitative estimate of drug-likeness (QED) is 0.550. The van der Waals surface area contributed by atoms with Gasteiger partial charge in [-0.25, -0.2) is 0 Å². The second-order valence-corrected chi connectivity index (χ2v) is 4.05. The maximum absolute atomic E-state index is 9.53. The van der Waals surface area contributed by atoms with Gasteiger partial charge in [0.1, 0.15) is 5.78 Å². The molecule has 0 N–H and O–H groups in total. The molecule has 0 aromatic heterocycles. The van der Waals surface area contributed by atoms with E-state index >= 15 is 0 Å². The summed E-state index contributed by atoms with van der Waals surface area (Å²) in [6.45, 7) is 12.7. The van der Waals surface area contributed by atoms with Crippen molar-refractivity contribution in [2.24, 2.45) is 0 Å². The molecule has 4 nitrogen and oxygen atoms in total. The van der Waals surface area contributed by atoms with Crippen molar-refractivity contribution in [1.82, 2.24) is 0 Å². The van der Waals surface area contributed by atoms with E-state index in [1.807, 2.05) is 0 Å². The van der Waals surface area contributed by atoms with Gasteiger partial charge in [0.2, 0.25) is 0 Å². The fraction of sp³-hybridized carbons (Fsp3) is 0.917. The van der Waals surface area contributed by atoms with Crippen LogP contribution >= 0.6 is 0 Å². The van der Waals surface area contributed by atoms with Crippen LogP contribution in [0.3, 0.4) is 0 Å². The second-order valence-electron chi connectivity index (χ2n) is 4.05. The molecule has 0 saturated heterocycles. The van der Waals surface area contributed by atoms with Crippen LogP contribution in [0, 0.1) is 0 Å².